The summed E-state index contributed by atoms with van der Waals surface area (Å²) in [6.45, 7) is 3.41. The molecule has 0 aliphatic heterocycles. The molecule has 0 heterocycles. The molecule has 21 heavy (non-hydrogen) atoms. The molecule has 0 spiro atoms. The molecule has 0 aliphatic rings. The second kappa shape index (κ2) is 6.10. The fourth-order valence-corrected chi connectivity index (χ4v) is 3.07. The fraction of sp³-hybridized carbons (Fsp3) is 0.188. The number of benzene rings is 2. The van der Waals surface area contributed by atoms with Crippen LogP contribution in [0.4, 0.5) is 5.69 Å². The van der Waals surface area contributed by atoms with Crippen molar-refractivity contribution in [1.29, 1.82) is 0 Å². The van der Waals surface area contributed by atoms with Crippen LogP contribution in [0.2, 0.25) is 0 Å². The van der Waals surface area contributed by atoms with E-state index < -0.39 is 10.0 Å². The quantitative estimate of drug-likeness (QED) is 0.862. The average molecular weight is 303 g/mol. The smallest absolute Gasteiger partial charge is 0.261 e. The number of sulfonamides is 1. The summed E-state index contributed by atoms with van der Waals surface area (Å²) in [6, 6.07) is 13.3. The lowest BCUT2D eigenvalue weighted by Gasteiger charge is -2.11. The Morgan fingerprint density at radius 2 is 1.67 bits per heavy atom. The molecular formula is C16H17NO3S. The molecule has 0 bridgehead atoms. The summed E-state index contributed by atoms with van der Waals surface area (Å²) in [5.41, 5.74) is 1.72. The van der Waals surface area contributed by atoms with E-state index in [0.29, 0.717) is 11.3 Å². The molecule has 0 aliphatic carbocycles. The maximum atomic E-state index is 12.4. The zero-order valence-corrected chi connectivity index (χ0v) is 12.8. The number of hydrogen-bond acceptors (Lipinski definition) is 3. The van der Waals surface area contributed by atoms with Gasteiger partial charge in [-0.05, 0) is 43.2 Å². The van der Waals surface area contributed by atoms with Gasteiger partial charge in [0.25, 0.3) is 10.0 Å². The lowest BCUT2D eigenvalue weighted by Crippen LogP contribution is -2.15. The van der Waals surface area contributed by atoms with Crippen LogP contribution in [-0.4, -0.2) is 14.2 Å². The topological polar surface area (TPSA) is 63.2 Å². The minimum atomic E-state index is -3.70. The van der Waals surface area contributed by atoms with E-state index in [-0.39, 0.29) is 10.7 Å². The minimum absolute atomic E-state index is 0.179. The van der Waals surface area contributed by atoms with E-state index in [0.717, 1.165) is 12.0 Å². The van der Waals surface area contributed by atoms with Crippen LogP contribution < -0.4 is 4.72 Å². The van der Waals surface area contributed by atoms with Crippen molar-refractivity contribution in [2.45, 2.75) is 25.2 Å². The maximum Gasteiger partial charge on any atom is 0.261 e. The Morgan fingerprint density at radius 1 is 1.05 bits per heavy atom. The van der Waals surface area contributed by atoms with Gasteiger partial charge in [0.15, 0.2) is 5.78 Å². The largest absolute Gasteiger partial charge is 0.294 e. The average Bonchev–Trinajstić information content (AvgIpc) is 2.47. The standard InChI is InChI=1S/C16H17NO3S/c1-3-13-8-10-14(11-9-13)21(19,20)17-16-7-5-4-6-15(16)12(2)18/h4-11,17H,3H2,1-2H3. The van der Waals surface area contributed by atoms with Crippen molar-refractivity contribution in [2.24, 2.45) is 0 Å². The lowest BCUT2D eigenvalue weighted by molar-refractivity contribution is 0.101. The van der Waals surface area contributed by atoms with Crippen LogP contribution in [0.25, 0.3) is 0 Å². The third kappa shape index (κ3) is 3.49. The molecule has 0 atom stereocenters. The van der Waals surface area contributed by atoms with Crippen molar-refractivity contribution in [2.75, 3.05) is 4.72 Å². The molecule has 4 nitrogen and oxygen atoms in total. The van der Waals surface area contributed by atoms with Gasteiger partial charge in [-0.3, -0.25) is 9.52 Å². The third-order valence-electron chi connectivity index (χ3n) is 3.19. The number of Topliss-reactive ketones (excluding diaryl/α,β-unsaturated/α-hetero) is 1. The number of aryl methyl sites for hydroxylation is 1. The summed E-state index contributed by atoms with van der Waals surface area (Å²) in [5, 5.41) is 0. The Hall–Kier alpha value is -2.14. The molecule has 0 aromatic heterocycles. The first-order valence-corrected chi connectivity index (χ1v) is 8.14. The Labute approximate surface area is 124 Å². The molecule has 1 N–H and O–H groups in total. The summed E-state index contributed by atoms with van der Waals surface area (Å²) in [6.07, 6.45) is 0.848. The molecule has 0 amide bonds. The molecule has 0 saturated heterocycles. The molecule has 2 rings (SSSR count). The monoisotopic (exact) mass is 303 g/mol. The number of carbonyl (C=O) groups excluding carboxylic acids is 1. The number of rotatable bonds is 5. The second-order valence-corrected chi connectivity index (χ2v) is 6.39. The highest BCUT2D eigenvalue weighted by atomic mass is 32.2. The van der Waals surface area contributed by atoms with E-state index in [4.69, 9.17) is 0 Å². The van der Waals surface area contributed by atoms with Crippen LogP contribution in [0.1, 0.15) is 29.8 Å². The van der Waals surface area contributed by atoms with Crippen LogP contribution in [0.3, 0.4) is 0 Å². The summed E-state index contributed by atoms with van der Waals surface area (Å²) < 4.78 is 27.2. The SMILES string of the molecule is CCc1ccc(S(=O)(=O)Nc2ccccc2C(C)=O)cc1. The second-order valence-electron chi connectivity index (χ2n) is 4.70. The number of para-hydroxylation sites is 1. The highest BCUT2D eigenvalue weighted by Gasteiger charge is 2.16. The van der Waals surface area contributed by atoms with Crippen molar-refractivity contribution in [1.82, 2.24) is 0 Å². The lowest BCUT2D eigenvalue weighted by atomic mass is 10.1. The van der Waals surface area contributed by atoms with Crippen molar-refractivity contribution >= 4 is 21.5 Å². The van der Waals surface area contributed by atoms with Crippen molar-refractivity contribution < 1.29 is 13.2 Å². The highest BCUT2D eigenvalue weighted by Crippen LogP contribution is 2.20. The minimum Gasteiger partial charge on any atom is -0.294 e. The van der Waals surface area contributed by atoms with E-state index >= 15 is 0 Å². The molecule has 2 aromatic rings. The molecule has 0 saturated carbocycles. The van der Waals surface area contributed by atoms with Gasteiger partial charge < -0.3 is 0 Å². The van der Waals surface area contributed by atoms with Crippen LogP contribution in [0.5, 0.6) is 0 Å². The first kappa shape index (κ1) is 15.3. The van der Waals surface area contributed by atoms with E-state index in [1.54, 1.807) is 48.5 Å². The number of hydrogen-bond donors (Lipinski definition) is 1. The Morgan fingerprint density at radius 3 is 2.24 bits per heavy atom. The molecule has 0 unspecified atom stereocenters. The predicted octanol–water partition coefficient (Wildman–Crippen LogP) is 3.25. The summed E-state index contributed by atoms with van der Waals surface area (Å²) in [4.78, 5) is 11.7. The number of anilines is 1. The highest BCUT2D eigenvalue weighted by molar-refractivity contribution is 7.92. The van der Waals surface area contributed by atoms with Gasteiger partial charge >= 0.3 is 0 Å². The van der Waals surface area contributed by atoms with E-state index in [1.807, 2.05) is 6.92 Å². The summed E-state index contributed by atoms with van der Waals surface area (Å²) in [7, 11) is -3.70. The molecule has 2 aromatic carbocycles. The van der Waals surface area contributed by atoms with Crippen LogP contribution in [-0.2, 0) is 16.4 Å². The molecule has 0 fully saturated rings. The third-order valence-corrected chi connectivity index (χ3v) is 4.57. The first-order valence-electron chi connectivity index (χ1n) is 6.66. The zero-order valence-electron chi connectivity index (χ0n) is 12.0. The van der Waals surface area contributed by atoms with Gasteiger partial charge in [0, 0.05) is 5.56 Å². The van der Waals surface area contributed by atoms with Crippen LogP contribution in [0.15, 0.2) is 53.4 Å². The number of ketones is 1. The summed E-state index contributed by atoms with van der Waals surface area (Å²) in [5.74, 6) is -0.186. The molecule has 5 heteroatoms. The normalized spacial score (nSPS) is 11.1. The van der Waals surface area contributed by atoms with Gasteiger partial charge in [-0.15, -0.1) is 0 Å². The van der Waals surface area contributed by atoms with E-state index in [2.05, 4.69) is 4.72 Å². The Bertz CT molecular complexity index is 749. The van der Waals surface area contributed by atoms with Crippen LogP contribution >= 0.6 is 0 Å². The van der Waals surface area contributed by atoms with Gasteiger partial charge in [-0.2, -0.15) is 0 Å². The van der Waals surface area contributed by atoms with Crippen molar-refractivity contribution in [3.05, 3.63) is 59.7 Å². The van der Waals surface area contributed by atoms with Gasteiger partial charge in [0.1, 0.15) is 0 Å². The van der Waals surface area contributed by atoms with Crippen molar-refractivity contribution in [3.63, 3.8) is 0 Å². The van der Waals surface area contributed by atoms with E-state index in [1.165, 1.54) is 6.92 Å². The van der Waals surface area contributed by atoms with Gasteiger partial charge in [-0.1, -0.05) is 31.2 Å². The van der Waals surface area contributed by atoms with Crippen LogP contribution in [0, 0.1) is 0 Å². The van der Waals surface area contributed by atoms with Gasteiger partial charge in [0.05, 0.1) is 10.6 Å². The van der Waals surface area contributed by atoms with Gasteiger partial charge in [-0.25, -0.2) is 8.42 Å². The maximum absolute atomic E-state index is 12.4. The molecule has 0 radical (unpaired) electrons. The molecular weight excluding hydrogens is 286 g/mol. The molecule has 110 valence electrons. The predicted molar refractivity (Wildman–Crippen MR) is 83.1 cm³/mol. The van der Waals surface area contributed by atoms with Crippen molar-refractivity contribution in [3.8, 4) is 0 Å². The Balaban J connectivity index is 2.35. The number of carbonyl (C=O) groups is 1. The Kier molecular flexibility index (Phi) is 4.43. The zero-order chi connectivity index (χ0) is 15.5. The summed E-state index contributed by atoms with van der Waals surface area (Å²) >= 11 is 0. The first-order chi connectivity index (χ1) is 9.94. The van der Waals surface area contributed by atoms with Gasteiger partial charge in [0.2, 0.25) is 0 Å². The van der Waals surface area contributed by atoms with E-state index in [9.17, 15) is 13.2 Å². The number of nitrogens with one attached hydrogen (secondary N) is 1. The fourth-order valence-electron chi connectivity index (χ4n) is 1.99.